The number of piperidine rings is 1. The molecule has 2 aromatic carbocycles. The Bertz CT molecular complexity index is 2560. The first-order valence-electron chi connectivity index (χ1n) is 22.8. The molecule has 5 aliphatic rings. The van der Waals surface area contributed by atoms with Crippen molar-refractivity contribution in [2.75, 3.05) is 81.6 Å². The van der Waals surface area contributed by atoms with Crippen LogP contribution in [0, 0.1) is 0 Å². The van der Waals surface area contributed by atoms with Crippen molar-refractivity contribution in [1.82, 2.24) is 39.9 Å². The van der Waals surface area contributed by atoms with Crippen LogP contribution in [-0.2, 0) is 20.9 Å². The van der Waals surface area contributed by atoms with Crippen LogP contribution in [0.4, 0.5) is 23.1 Å². The molecule has 344 valence electrons. The molecule has 0 radical (unpaired) electrons. The summed E-state index contributed by atoms with van der Waals surface area (Å²) in [5.74, 6) is 0.485. The fraction of sp³-hybridized carbons (Fsp3) is 0.511. The van der Waals surface area contributed by atoms with Crippen molar-refractivity contribution in [3.63, 3.8) is 0 Å². The summed E-state index contributed by atoms with van der Waals surface area (Å²) in [7, 11) is 3.08. The number of carbonyl (C=O) groups is 4. The number of rotatable bonds is 15. The van der Waals surface area contributed by atoms with Gasteiger partial charge < -0.3 is 44.7 Å². The Morgan fingerprint density at radius 1 is 0.969 bits per heavy atom. The van der Waals surface area contributed by atoms with Gasteiger partial charge in [0.15, 0.2) is 18.2 Å². The summed E-state index contributed by atoms with van der Waals surface area (Å²) in [5, 5.41) is 9.69. The van der Waals surface area contributed by atoms with Gasteiger partial charge in [-0.1, -0.05) is 11.6 Å². The summed E-state index contributed by atoms with van der Waals surface area (Å²) >= 11 is 6.65. The first-order chi connectivity index (χ1) is 31.4. The number of nitrogens with one attached hydrogen (secondary N) is 3. The second-order valence-electron chi connectivity index (χ2n) is 18.3. The molecule has 4 aromatic rings. The summed E-state index contributed by atoms with van der Waals surface area (Å²) in [6, 6.07) is 13.6. The van der Waals surface area contributed by atoms with Crippen LogP contribution in [0.25, 0.3) is 10.9 Å². The molecule has 0 bridgehead atoms. The Labute approximate surface area is 383 Å². The largest absolute Gasteiger partial charge is 0.478 e. The van der Waals surface area contributed by atoms with Crippen LogP contribution >= 0.6 is 11.6 Å². The van der Waals surface area contributed by atoms with E-state index in [0.717, 1.165) is 99.2 Å². The molecule has 0 aliphatic carbocycles. The van der Waals surface area contributed by atoms with E-state index in [0.29, 0.717) is 47.4 Å². The van der Waals surface area contributed by atoms with E-state index < -0.39 is 6.04 Å². The molecule has 3 amide bonds. The fourth-order valence-electron chi connectivity index (χ4n) is 10.7. The molecule has 2 aromatic heterocycles. The SMILES string of the molecule is CNC(=O)COc1cc2cc(Nc3nc(N4CCC(N5CCC56CN(C5CCN(c7ccc8c(c7)CN(C(CCC=O)C(=O)NC)C8=O)C5)C6)CC4)ncc3Cl)ccc2n(C(C)C)c1=O. The molecule has 7 heterocycles. The second-order valence-corrected chi connectivity index (χ2v) is 18.7. The highest BCUT2D eigenvalue weighted by Crippen LogP contribution is 2.45. The van der Waals surface area contributed by atoms with Gasteiger partial charge in [-0.15, -0.1) is 0 Å². The van der Waals surface area contributed by atoms with Crippen molar-refractivity contribution in [3.8, 4) is 5.75 Å². The number of amides is 3. The number of likely N-dealkylation sites (tertiary alicyclic amines) is 2. The minimum atomic E-state index is -0.670. The van der Waals surface area contributed by atoms with Gasteiger partial charge in [0.25, 0.3) is 17.4 Å². The number of hydrogen-bond acceptors (Lipinski definition) is 13. The van der Waals surface area contributed by atoms with Gasteiger partial charge in [0.2, 0.25) is 11.9 Å². The number of anilines is 4. The average molecular weight is 909 g/mol. The fourth-order valence-corrected chi connectivity index (χ4v) is 10.8. The molecule has 18 heteroatoms. The summed E-state index contributed by atoms with van der Waals surface area (Å²) in [6.07, 6.45) is 7.33. The Balaban J connectivity index is 0.786. The van der Waals surface area contributed by atoms with Crippen LogP contribution in [0.2, 0.25) is 5.02 Å². The van der Waals surface area contributed by atoms with Crippen molar-refractivity contribution in [2.24, 2.45) is 0 Å². The number of aldehydes is 1. The molecule has 4 saturated heterocycles. The number of ether oxygens (including phenoxy) is 1. The van der Waals surface area contributed by atoms with Gasteiger partial charge in [-0.05, 0) is 94.0 Å². The smallest absolute Gasteiger partial charge is 0.293 e. The molecule has 9 rings (SSSR count). The lowest BCUT2D eigenvalue weighted by Crippen LogP contribution is -2.80. The first-order valence-corrected chi connectivity index (χ1v) is 23.2. The Kier molecular flexibility index (Phi) is 12.5. The van der Waals surface area contributed by atoms with Gasteiger partial charge >= 0.3 is 0 Å². The highest BCUT2D eigenvalue weighted by molar-refractivity contribution is 6.33. The molecule has 1 spiro atoms. The normalized spacial score (nSPS) is 20.2. The van der Waals surface area contributed by atoms with Crippen LogP contribution in [0.15, 0.2) is 53.5 Å². The van der Waals surface area contributed by atoms with E-state index in [4.69, 9.17) is 21.3 Å². The average Bonchev–Trinajstić information content (AvgIpc) is 3.90. The van der Waals surface area contributed by atoms with Crippen LogP contribution in [0.1, 0.15) is 74.3 Å². The summed E-state index contributed by atoms with van der Waals surface area (Å²) in [4.78, 5) is 83.4. The van der Waals surface area contributed by atoms with E-state index in [1.54, 1.807) is 28.8 Å². The van der Waals surface area contributed by atoms with Crippen molar-refractivity contribution < 1.29 is 23.9 Å². The van der Waals surface area contributed by atoms with E-state index in [9.17, 15) is 24.0 Å². The Hall–Kier alpha value is -5.78. The summed E-state index contributed by atoms with van der Waals surface area (Å²) in [6.45, 7) is 10.9. The number of halogens is 1. The van der Waals surface area contributed by atoms with Crippen LogP contribution in [-0.4, -0.2) is 143 Å². The Morgan fingerprint density at radius 2 is 1.74 bits per heavy atom. The van der Waals surface area contributed by atoms with Gasteiger partial charge in [-0.2, -0.15) is 4.98 Å². The molecule has 5 aliphatic heterocycles. The van der Waals surface area contributed by atoms with Gasteiger partial charge in [-0.25, -0.2) is 4.98 Å². The lowest BCUT2D eigenvalue weighted by Gasteiger charge is -2.66. The number of pyridine rings is 1. The van der Waals surface area contributed by atoms with E-state index in [2.05, 4.69) is 46.6 Å². The van der Waals surface area contributed by atoms with Crippen LogP contribution in [0.3, 0.4) is 0 Å². The van der Waals surface area contributed by atoms with E-state index >= 15 is 0 Å². The van der Waals surface area contributed by atoms with Gasteiger partial charge in [-0.3, -0.25) is 29.0 Å². The minimum Gasteiger partial charge on any atom is -0.478 e. The van der Waals surface area contributed by atoms with Crippen molar-refractivity contribution >= 4 is 69.7 Å². The third-order valence-corrected chi connectivity index (χ3v) is 14.5. The zero-order chi connectivity index (χ0) is 45.6. The number of likely N-dealkylation sites (N-methyl/N-ethyl adjacent to an activating group) is 2. The predicted octanol–water partition coefficient (Wildman–Crippen LogP) is 3.95. The van der Waals surface area contributed by atoms with Gasteiger partial charge in [0.1, 0.15) is 17.4 Å². The van der Waals surface area contributed by atoms with E-state index in [1.165, 1.54) is 13.5 Å². The highest BCUT2D eigenvalue weighted by Gasteiger charge is 2.57. The number of nitrogens with zero attached hydrogens (tertiary/aromatic N) is 8. The number of carbonyl (C=O) groups excluding carboxylic acids is 4. The monoisotopic (exact) mass is 907 g/mol. The maximum Gasteiger partial charge on any atom is 0.293 e. The van der Waals surface area contributed by atoms with E-state index in [1.807, 2.05) is 44.2 Å². The first kappa shape index (κ1) is 44.4. The number of hydrogen-bond donors (Lipinski definition) is 3. The molecule has 0 saturated carbocycles. The summed E-state index contributed by atoms with van der Waals surface area (Å²) in [5.41, 5.74) is 4.09. The molecule has 4 fully saturated rings. The zero-order valence-electron chi connectivity index (χ0n) is 37.5. The van der Waals surface area contributed by atoms with Gasteiger partial charge in [0.05, 0.1) is 11.7 Å². The standard InChI is InChI=1S/C47H58ClN11O6/c1-29(2)59-38-10-7-32(20-30(38)22-40(45(59)64)65-26-41(61)49-3)52-42-37(48)23-51-46(53-42)54-15-11-33(12-16-54)58-18-14-47(58)27-56(28-47)35-13-17-55(25-35)34-8-9-36-31(21-34)24-57(44(36)63)39(6-5-19-60)43(62)50-4/h7-10,19-23,29,33,35,39H,5-6,11-18,24-28H2,1-4H3,(H,49,61)(H,50,62)(H,51,52,53). The van der Waals surface area contributed by atoms with Crippen molar-refractivity contribution in [3.05, 3.63) is 75.2 Å². The molecule has 3 N–H and O–H groups in total. The van der Waals surface area contributed by atoms with Crippen LogP contribution in [0.5, 0.6) is 5.75 Å². The Morgan fingerprint density at radius 3 is 2.45 bits per heavy atom. The molecule has 17 nitrogen and oxygen atoms in total. The minimum absolute atomic E-state index is 0.100. The topological polar surface area (TPSA) is 178 Å². The lowest BCUT2D eigenvalue weighted by molar-refractivity contribution is -0.156. The summed E-state index contributed by atoms with van der Waals surface area (Å²) < 4.78 is 7.30. The van der Waals surface area contributed by atoms with Crippen molar-refractivity contribution in [2.45, 2.75) is 88.6 Å². The molecule has 65 heavy (non-hydrogen) atoms. The quantitative estimate of drug-likeness (QED) is 0.146. The van der Waals surface area contributed by atoms with Crippen LogP contribution < -0.4 is 36.0 Å². The lowest BCUT2D eigenvalue weighted by atomic mass is 9.74. The molecular formula is C47H58ClN11O6. The molecular weight excluding hydrogens is 850 g/mol. The molecule has 2 atom stereocenters. The van der Waals surface area contributed by atoms with E-state index in [-0.39, 0.29) is 53.6 Å². The third-order valence-electron chi connectivity index (χ3n) is 14.2. The highest BCUT2D eigenvalue weighted by atomic mass is 35.5. The van der Waals surface area contributed by atoms with Crippen molar-refractivity contribution in [1.29, 1.82) is 0 Å². The number of aromatic nitrogens is 3. The zero-order valence-corrected chi connectivity index (χ0v) is 38.3. The van der Waals surface area contributed by atoms with Gasteiger partial charge in [0, 0.05) is 119 Å². The number of fused-ring (bicyclic) bond motifs is 2. The maximum atomic E-state index is 13.3. The molecule has 2 unspecified atom stereocenters. The third kappa shape index (κ3) is 8.49. The number of benzene rings is 2. The second kappa shape index (κ2) is 18.2. The predicted molar refractivity (Wildman–Crippen MR) is 249 cm³/mol. The maximum absolute atomic E-state index is 13.3.